The van der Waals surface area contributed by atoms with Gasteiger partial charge in [0.15, 0.2) is 0 Å². The fourth-order valence-electron chi connectivity index (χ4n) is 3.79. The summed E-state index contributed by atoms with van der Waals surface area (Å²) in [5.74, 6) is 0. The second kappa shape index (κ2) is 10.6. The van der Waals surface area contributed by atoms with Gasteiger partial charge >= 0.3 is 0 Å². The lowest BCUT2D eigenvalue weighted by Crippen LogP contribution is -2.67. The van der Waals surface area contributed by atoms with E-state index in [0.717, 1.165) is 6.42 Å². The Balaban J connectivity index is 2.57. The van der Waals surface area contributed by atoms with E-state index in [1.54, 1.807) is 0 Å². The molecule has 0 bridgehead atoms. The van der Waals surface area contributed by atoms with Crippen LogP contribution in [0.3, 0.4) is 0 Å². The maximum atomic E-state index is 7.21. The Labute approximate surface area is 180 Å². The van der Waals surface area contributed by atoms with Crippen LogP contribution in [-0.4, -0.2) is 14.4 Å². The molecule has 0 aliphatic carbocycles. The molecule has 0 spiro atoms. The van der Waals surface area contributed by atoms with Gasteiger partial charge in [-0.1, -0.05) is 136 Å². The summed E-state index contributed by atoms with van der Waals surface area (Å²) in [5, 5.41) is 2.73. The molecule has 27 heavy (non-hydrogen) atoms. The Morgan fingerprint density at radius 1 is 0.926 bits per heavy atom. The van der Waals surface area contributed by atoms with Crippen molar-refractivity contribution in [1.29, 1.82) is 0 Å². The van der Waals surface area contributed by atoms with Crippen molar-refractivity contribution >= 4 is 41.3 Å². The van der Waals surface area contributed by atoms with Crippen LogP contribution < -0.4 is 10.4 Å². The van der Waals surface area contributed by atoms with Gasteiger partial charge in [-0.25, -0.2) is 0 Å². The van der Waals surface area contributed by atoms with Gasteiger partial charge in [0.25, 0.3) is 8.32 Å². The highest BCUT2D eigenvalue weighted by molar-refractivity contribution is 14.1. The van der Waals surface area contributed by atoms with Crippen molar-refractivity contribution in [2.45, 2.75) is 64.5 Å². The topological polar surface area (TPSA) is 9.23 Å². The summed E-state index contributed by atoms with van der Waals surface area (Å²) >= 11 is 2.32. The Kier molecular flexibility index (Phi) is 8.77. The molecular weight excluding hydrogens is 459 g/mol. The van der Waals surface area contributed by atoms with E-state index in [9.17, 15) is 0 Å². The molecule has 2 aromatic rings. The van der Waals surface area contributed by atoms with Crippen LogP contribution >= 0.6 is 22.6 Å². The molecule has 146 valence electrons. The minimum atomic E-state index is -2.46. The SMILES string of the molecule is CCCCC[C@@H](/C=C/I)O[Si](c1ccccc1)(c1ccccc1)C(C)(C)C. The molecule has 0 heterocycles. The number of hydrogen-bond acceptors (Lipinski definition) is 1. The molecule has 0 unspecified atom stereocenters. The predicted molar refractivity (Wildman–Crippen MR) is 130 cm³/mol. The summed E-state index contributed by atoms with van der Waals surface area (Å²) in [4.78, 5) is 0. The fourth-order valence-corrected chi connectivity index (χ4v) is 8.92. The van der Waals surface area contributed by atoms with Crippen molar-refractivity contribution in [2.75, 3.05) is 0 Å². The molecule has 1 nitrogen and oxygen atoms in total. The van der Waals surface area contributed by atoms with Crippen LogP contribution in [-0.2, 0) is 4.43 Å². The molecule has 2 aromatic carbocycles. The van der Waals surface area contributed by atoms with Gasteiger partial charge in [-0.3, -0.25) is 0 Å². The third-order valence-electron chi connectivity index (χ3n) is 5.12. The van der Waals surface area contributed by atoms with Crippen molar-refractivity contribution in [3.8, 4) is 0 Å². The van der Waals surface area contributed by atoms with Gasteiger partial charge in [0.1, 0.15) is 0 Å². The highest BCUT2D eigenvalue weighted by atomic mass is 127. The van der Waals surface area contributed by atoms with Crippen LogP contribution in [0.15, 0.2) is 70.8 Å². The first kappa shape index (κ1) is 22.4. The van der Waals surface area contributed by atoms with E-state index >= 15 is 0 Å². The first-order valence-corrected chi connectivity index (χ1v) is 13.2. The third-order valence-corrected chi connectivity index (χ3v) is 10.6. The van der Waals surface area contributed by atoms with Gasteiger partial charge < -0.3 is 4.43 Å². The summed E-state index contributed by atoms with van der Waals surface area (Å²) in [6.07, 6.45) is 7.18. The lowest BCUT2D eigenvalue weighted by atomic mass is 10.1. The molecule has 0 fully saturated rings. The second-order valence-corrected chi connectivity index (χ2v) is 13.1. The summed E-state index contributed by atoms with van der Waals surface area (Å²) in [6.45, 7) is 9.29. The van der Waals surface area contributed by atoms with Gasteiger partial charge in [0.2, 0.25) is 0 Å². The minimum Gasteiger partial charge on any atom is -0.401 e. The van der Waals surface area contributed by atoms with E-state index in [4.69, 9.17) is 4.43 Å². The maximum Gasteiger partial charge on any atom is 0.261 e. The monoisotopic (exact) mass is 492 g/mol. The number of halogens is 1. The lowest BCUT2D eigenvalue weighted by molar-refractivity contribution is 0.219. The molecule has 0 aliphatic rings. The molecular formula is C24H33IOSi. The number of unbranched alkanes of at least 4 members (excludes halogenated alkanes) is 2. The Morgan fingerprint density at radius 3 is 1.85 bits per heavy atom. The zero-order valence-electron chi connectivity index (χ0n) is 17.1. The van der Waals surface area contributed by atoms with Gasteiger partial charge in [-0.05, 0) is 25.9 Å². The van der Waals surface area contributed by atoms with Gasteiger partial charge in [0, 0.05) is 0 Å². The molecule has 1 atom stereocenters. The summed E-state index contributed by atoms with van der Waals surface area (Å²) in [6, 6.07) is 21.8. The summed E-state index contributed by atoms with van der Waals surface area (Å²) in [5.41, 5.74) is 0. The Hall–Kier alpha value is -0.913. The van der Waals surface area contributed by atoms with Crippen LogP contribution in [0.2, 0.25) is 5.04 Å². The Morgan fingerprint density at radius 2 is 1.44 bits per heavy atom. The number of rotatable bonds is 9. The van der Waals surface area contributed by atoms with E-state index in [1.807, 2.05) is 0 Å². The lowest BCUT2D eigenvalue weighted by Gasteiger charge is -2.44. The maximum absolute atomic E-state index is 7.21. The average molecular weight is 493 g/mol. The van der Waals surface area contributed by atoms with E-state index < -0.39 is 8.32 Å². The molecule has 2 rings (SSSR count). The van der Waals surface area contributed by atoms with Gasteiger partial charge in [-0.2, -0.15) is 0 Å². The van der Waals surface area contributed by atoms with Gasteiger partial charge in [-0.15, -0.1) is 0 Å². The van der Waals surface area contributed by atoms with Crippen molar-refractivity contribution in [3.05, 3.63) is 70.8 Å². The van der Waals surface area contributed by atoms with E-state index in [-0.39, 0.29) is 11.1 Å². The molecule has 0 saturated heterocycles. The molecule has 0 aromatic heterocycles. The summed E-state index contributed by atoms with van der Waals surface area (Å²) < 4.78 is 9.33. The van der Waals surface area contributed by atoms with Crippen molar-refractivity contribution < 1.29 is 4.43 Å². The number of hydrogen-bond donors (Lipinski definition) is 0. The van der Waals surface area contributed by atoms with Crippen LogP contribution in [0.5, 0.6) is 0 Å². The molecule has 3 heteroatoms. The zero-order chi connectivity index (χ0) is 19.8. The average Bonchev–Trinajstić information content (AvgIpc) is 2.66. The van der Waals surface area contributed by atoms with Crippen molar-refractivity contribution in [2.24, 2.45) is 0 Å². The zero-order valence-corrected chi connectivity index (χ0v) is 20.3. The van der Waals surface area contributed by atoms with Crippen LogP contribution in [0.4, 0.5) is 0 Å². The fraction of sp³-hybridized carbons (Fsp3) is 0.417. The second-order valence-electron chi connectivity index (χ2n) is 8.13. The highest BCUT2D eigenvalue weighted by Gasteiger charge is 2.51. The smallest absolute Gasteiger partial charge is 0.261 e. The molecule has 0 radical (unpaired) electrons. The van der Waals surface area contributed by atoms with Crippen LogP contribution in [0.1, 0.15) is 53.4 Å². The molecule has 0 saturated carbocycles. The van der Waals surface area contributed by atoms with E-state index in [1.165, 1.54) is 29.6 Å². The third kappa shape index (κ3) is 5.55. The quantitative estimate of drug-likeness (QED) is 0.222. The standard InChI is InChI=1S/C24H33IOSi/c1-5-6-9-14-21(19-20-25)26-27(24(2,3)4,22-15-10-7-11-16-22)23-17-12-8-13-18-23/h7-8,10-13,15-21H,5-6,9,14H2,1-4H3/b20-19+/t21-/m0/s1. The van der Waals surface area contributed by atoms with Crippen LogP contribution in [0, 0.1) is 0 Å². The van der Waals surface area contributed by atoms with Gasteiger partial charge in [0.05, 0.1) is 6.10 Å². The predicted octanol–water partition coefficient (Wildman–Crippen LogP) is 6.46. The van der Waals surface area contributed by atoms with Crippen LogP contribution in [0.25, 0.3) is 0 Å². The largest absolute Gasteiger partial charge is 0.401 e. The molecule has 0 amide bonds. The summed E-state index contributed by atoms with van der Waals surface area (Å²) in [7, 11) is -2.46. The van der Waals surface area contributed by atoms with E-state index in [2.05, 4.69) is 121 Å². The first-order chi connectivity index (χ1) is 13.0. The van der Waals surface area contributed by atoms with Crippen molar-refractivity contribution in [1.82, 2.24) is 0 Å². The Bertz CT molecular complexity index is 652. The normalized spacial score (nSPS) is 13.8. The molecule has 0 aliphatic heterocycles. The van der Waals surface area contributed by atoms with E-state index in [0.29, 0.717) is 0 Å². The highest BCUT2D eigenvalue weighted by Crippen LogP contribution is 2.38. The first-order valence-electron chi connectivity index (χ1n) is 10.0. The number of benzene rings is 2. The van der Waals surface area contributed by atoms with Crippen molar-refractivity contribution in [3.63, 3.8) is 0 Å². The molecule has 0 N–H and O–H groups in total. The minimum absolute atomic E-state index is 0.0256.